The number of hydrogen-bond acceptors (Lipinski definition) is 4. The molecule has 0 aliphatic carbocycles. The predicted octanol–water partition coefficient (Wildman–Crippen LogP) is 3.03. The van der Waals surface area contributed by atoms with Crippen LogP contribution in [0, 0.1) is 4.77 Å². The van der Waals surface area contributed by atoms with Crippen LogP contribution in [0.4, 0.5) is 0 Å². The summed E-state index contributed by atoms with van der Waals surface area (Å²) in [5, 5.41) is 7.13. The van der Waals surface area contributed by atoms with Gasteiger partial charge in [-0.2, -0.15) is 5.10 Å². The number of H-pyrrole nitrogens is 1. The van der Waals surface area contributed by atoms with Gasteiger partial charge in [-0.3, -0.25) is 5.10 Å². The van der Waals surface area contributed by atoms with E-state index in [1.54, 1.807) is 14.2 Å². The third-order valence-corrected chi connectivity index (χ3v) is 3.16. The van der Waals surface area contributed by atoms with E-state index in [0.717, 1.165) is 35.9 Å². The molecule has 0 saturated heterocycles. The van der Waals surface area contributed by atoms with Gasteiger partial charge in [0.2, 0.25) is 0 Å². The van der Waals surface area contributed by atoms with Gasteiger partial charge in [-0.15, -0.1) is 0 Å². The molecule has 0 aliphatic heterocycles. The van der Waals surface area contributed by atoms with Crippen molar-refractivity contribution in [2.24, 2.45) is 0 Å². The Morgan fingerprint density at radius 2 is 2.11 bits per heavy atom. The standard InChI is InChI=1S/C13H17N3O2S/c1-4-7-16-12(14-15-13(16)19)10-8-9(17-2)5-6-11(10)18-3/h5-6,8H,4,7H2,1-3H3,(H,15,19). The first-order chi connectivity index (χ1) is 9.21. The number of nitrogens with zero attached hydrogens (tertiary/aromatic N) is 2. The molecular formula is C13H17N3O2S. The first kappa shape index (κ1) is 13.6. The Morgan fingerprint density at radius 1 is 1.32 bits per heavy atom. The van der Waals surface area contributed by atoms with E-state index in [1.165, 1.54) is 0 Å². The van der Waals surface area contributed by atoms with E-state index in [-0.39, 0.29) is 0 Å². The van der Waals surface area contributed by atoms with Gasteiger partial charge in [0.15, 0.2) is 10.6 Å². The minimum Gasteiger partial charge on any atom is -0.497 e. The lowest BCUT2D eigenvalue weighted by atomic mass is 10.1. The normalized spacial score (nSPS) is 10.5. The topological polar surface area (TPSA) is 52.1 Å². The molecular weight excluding hydrogens is 262 g/mol. The van der Waals surface area contributed by atoms with Gasteiger partial charge in [0, 0.05) is 6.54 Å². The Bertz CT molecular complexity index is 619. The highest BCUT2D eigenvalue weighted by Gasteiger charge is 2.14. The average Bonchev–Trinajstić information content (AvgIpc) is 2.80. The van der Waals surface area contributed by atoms with Gasteiger partial charge in [-0.05, 0) is 36.8 Å². The largest absolute Gasteiger partial charge is 0.497 e. The van der Waals surface area contributed by atoms with Crippen molar-refractivity contribution in [1.29, 1.82) is 0 Å². The summed E-state index contributed by atoms with van der Waals surface area (Å²) in [6.07, 6.45) is 0.979. The van der Waals surface area contributed by atoms with Gasteiger partial charge in [0.1, 0.15) is 11.5 Å². The Morgan fingerprint density at radius 3 is 2.74 bits per heavy atom. The molecule has 0 fully saturated rings. The van der Waals surface area contributed by atoms with E-state index in [0.29, 0.717) is 4.77 Å². The fraction of sp³-hybridized carbons (Fsp3) is 0.385. The number of aromatic amines is 1. The molecule has 102 valence electrons. The van der Waals surface area contributed by atoms with Crippen molar-refractivity contribution in [1.82, 2.24) is 14.8 Å². The monoisotopic (exact) mass is 279 g/mol. The number of benzene rings is 1. The Hall–Kier alpha value is -1.82. The summed E-state index contributed by atoms with van der Waals surface area (Å²) < 4.78 is 13.2. The molecule has 0 atom stereocenters. The van der Waals surface area contributed by atoms with Crippen LogP contribution >= 0.6 is 12.2 Å². The lowest BCUT2D eigenvalue weighted by Crippen LogP contribution is -2.01. The van der Waals surface area contributed by atoms with E-state index in [1.807, 2.05) is 22.8 Å². The van der Waals surface area contributed by atoms with Gasteiger partial charge in [-0.25, -0.2) is 0 Å². The number of rotatable bonds is 5. The molecule has 5 nitrogen and oxygen atoms in total. The molecule has 0 spiro atoms. The first-order valence-electron chi connectivity index (χ1n) is 6.08. The summed E-state index contributed by atoms with van der Waals surface area (Å²) in [5.74, 6) is 2.27. The van der Waals surface area contributed by atoms with Crippen LogP contribution in [-0.2, 0) is 6.54 Å². The number of ether oxygens (including phenoxy) is 2. The highest BCUT2D eigenvalue weighted by Crippen LogP contribution is 2.32. The molecule has 0 aliphatic rings. The zero-order valence-corrected chi connectivity index (χ0v) is 12.1. The van der Waals surface area contributed by atoms with Crippen molar-refractivity contribution in [3.63, 3.8) is 0 Å². The van der Waals surface area contributed by atoms with Crippen LogP contribution in [0.2, 0.25) is 0 Å². The van der Waals surface area contributed by atoms with E-state index < -0.39 is 0 Å². The second kappa shape index (κ2) is 5.88. The lowest BCUT2D eigenvalue weighted by Gasteiger charge is -2.11. The summed E-state index contributed by atoms with van der Waals surface area (Å²) in [7, 11) is 3.27. The zero-order valence-electron chi connectivity index (χ0n) is 11.3. The quantitative estimate of drug-likeness (QED) is 0.855. The first-order valence-corrected chi connectivity index (χ1v) is 6.49. The van der Waals surface area contributed by atoms with Gasteiger partial charge in [0.05, 0.1) is 19.8 Å². The minimum atomic E-state index is 0.613. The highest BCUT2D eigenvalue weighted by atomic mass is 32.1. The van der Waals surface area contributed by atoms with Crippen molar-refractivity contribution in [2.75, 3.05) is 14.2 Å². The summed E-state index contributed by atoms with van der Waals surface area (Å²) in [6.45, 7) is 2.91. The van der Waals surface area contributed by atoms with E-state index >= 15 is 0 Å². The van der Waals surface area contributed by atoms with Crippen LogP contribution in [0.25, 0.3) is 11.4 Å². The van der Waals surface area contributed by atoms with Gasteiger partial charge >= 0.3 is 0 Å². The molecule has 2 aromatic rings. The molecule has 1 aromatic carbocycles. The SMILES string of the molecule is CCCn1c(-c2cc(OC)ccc2OC)n[nH]c1=S. The number of hydrogen-bond donors (Lipinski definition) is 1. The van der Waals surface area contributed by atoms with E-state index in [4.69, 9.17) is 21.7 Å². The molecule has 1 heterocycles. The minimum absolute atomic E-state index is 0.613. The maximum Gasteiger partial charge on any atom is 0.195 e. The Kier molecular flexibility index (Phi) is 4.21. The van der Waals surface area contributed by atoms with Crippen LogP contribution in [0.3, 0.4) is 0 Å². The van der Waals surface area contributed by atoms with Crippen molar-refractivity contribution in [3.05, 3.63) is 23.0 Å². The summed E-state index contributed by atoms with van der Waals surface area (Å²) in [4.78, 5) is 0. The van der Waals surface area contributed by atoms with Crippen molar-refractivity contribution >= 4 is 12.2 Å². The van der Waals surface area contributed by atoms with Crippen molar-refractivity contribution in [3.8, 4) is 22.9 Å². The van der Waals surface area contributed by atoms with Crippen LogP contribution in [0.5, 0.6) is 11.5 Å². The van der Waals surface area contributed by atoms with Gasteiger partial charge in [-0.1, -0.05) is 6.92 Å². The molecule has 0 radical (unpaired) electrons. The molecule has 1 aromatic heterocycles. The lowest BCUT2D eigenvalue weighted by molar-refractivity contribution is 0.404. The molecule has 0 bridgehead atoms. The maximum absolute atomic E-state index is 5.38. The van der Waals surface area contributed by atoms with Crippen molar-refractivity contribution in [2.45, 2.75) is 19.9 Å². The smallest absolute Gasteiger partial charge is 0.195 e. The molecule has 0 amide bonds. The van der Waals surface area contributed by atoms with E-state index in [2.05, 4.69) is 17.1 Å². The van der Waals surface area contributed by atoms with Gasteiger partial charge < -0.3 is 14.0 Å². The zero-order chi connectivity index (χ0) is 13.8. The Balaban J connectivity index is 2.60. The molecule has 0 unspecified atom stereocenters. The Labute approximate surface area is 117 Å². The number of aromatic nitrogens is 3. The number of nitrogens with one attached hydrogen (secondary N) is 1. The van der Waals surface area contributed by atoms with Crippen LogP contribution < -0.4 is 9.47 Å². The maximum atomic E-state index is 5.38. The molecule has 0 saturated carbocycles. The third-order valence-electron chi connectivity index (χ3n) is 2.85. The molecule has 19 heavy (non-hydrogen) atoms. The van der Waals surface area contributed by atoms with E-state index in [9.17, 15) is 0 Å². The average molecular weight is 279 g/mol. The predicted molar refractivity (Wildman–Crippen MR) is 76.2 cm³/mol. The molecule has 6 heteroatoms. The molecule has 1 N–H and O–H groups in total. The second-order valence-electron chi connectivity index (χ2n) is 4.07. The van der Waals surface area contributed by atoms with Crippen LogP contribution in [0.1, 0.15) is 13.3 Å². The fourth-order valence-corrected chi connectivity index (χ4v) is 2.17. The molecule has 2 rings (SSSR count). The second-order valence-corrected chi connectivity index (χ2v) is 4.46. The third kappa shape index (κ3) is 2.63. The van der Waals surface area contributed by atoms with Gasteiger partial charge in [0.25, 0.3) is 0 Å². The van der Waals surface area contributed by atoms with Crippen molar-refractivity contribution < 1.29 is 9.47 Å². The highest BCUT2D eigenvalue weighted by molar-refractivity contribution is 7.71. The summed E-state index contributed by atoms with van der Waals surface area (Å²) >= 11 is 5.25. The number of methoxy groups -OCH3 is 2. The summed E-state index contributed by atoms with van der Waals surface area (Å²) in [5.41, 5.74) is 0.864. The van der Waals surface area contributed by atoms with Crippen LogP contribution in [-0.4, -0.2) is 29.0 Å². The van der Waals surface area contributed by atoms with Crippen LogP contribution in [0.15, 0.2) is 18.2 Å². The fourth-order valence-electron chi connectivity index (χ4n) is 1.94. The summed E-state index contributed by atoms with van der Waals surface area (Å²) in [6, 6.07) is 5.62.